The fourth-order valence-electron chi connectivity index (χ4n) is 5.13. The Labute approximate surface area is 171 Å². The topological polar surface area (TPSA) is 137 Å². The lowest BCUT2D eigenvalue weighted by molar-refractivity contribution is -0.330. The van der Waals surface area contributed by atoms with E-state index in [-0.39, 0.29) is 23.5 Å². The van der Waals surface area contributed by atoms with Gasteiger partial charge in [0.1, 0.15) is 24.4 Å². The molecule has 8 heteroatoms. The first-order chi connectivity index (χ1) is 13.5. The van der Waals surface area contributed by atoms with Crippen molar-refractivity contribution < 1.29 is 39.8 Å². The summed E-state index contributed by atoms with van der Waals surface area (Å²) < 4.78 is 11.5. The molecule has 1 heterocycles. The predicted octanol–water partition coefficient (Wildman–Crippen LogP) is -0.106. The van der Waals surface area contributed by atoms with Gasteiger partial charge in [-0.2, -0.15) is 0 Å². The zero-order valence-corrected chi connectivity index (χ0v) is 17.5. The molecule has 0 aromatic carbocycles. The van der Waals surface area contributed by atoms with Gasteiger partial charge in [-0.3, -0.25) is 4.79 Å². The van der Waals surface area contributed by atoms with Crippen molar-refractivity contribution in [3.05, 3.63) is 11.1 Å². The van der Waals surface area contributed by atoms with Crippen LogP contribution in [0.4, 0.5) is 0 Å². The molecule has 0 unspecified atom stereocenters. The largest absolute Gasteiger partial charge is 0.394 e. The zero-order chi connectivity index (χ0) is 21.7. The number of ether oxygens (including phenoxy) is 2. The zero-order valence-electron chi connectivity index (χ0n) is 17.5. The van der Waals surface area contributed by atoms with Crippen LogP contribution in [0, 0.1) is 17.8 Å². The molecule has 29 heavy (non-hydrogen) atoms. The number of ketones is 1. The van der Waals surface area contributed by atoms with Crippen LogP contribution in [0.5, 0.6) is 0 Å². The first kappa shape index (κ1) is 22.8. The van der Waals surface area contributed by atoms with Crippen LogP contribution < -0.4 is 0 Å². The second-order valence-electron chi connectivity index (χ2n) is 9.39. The van der Waals surface area contributed by atoms with E-state index in [2.05, 4.69) is 0 Å². The van der Waals surface area contributed by atoms with E-state index in [9.17, 15) is 30.3 Å². The van der Waals surface area contributed by atoms with Crippen LogP contribution in [0.15, 0.2) is 11.1 Å². The molecule has 3 aliphatic rings. The van der Waals surface area contributed by atoms with Gasteiger partial charge in [-0.1, -0.05) is 12.5 Å². The van der Waals surface area contributed by atoms with Gasteiger partial charge in [0.2, 0.25) is 0 Å². The number of allylic oxidation sites excluding steroid dienone is 2. The molecule has 2 fully saturated rings. The van der Waals surface area contributed by atoms with E-state index >= 15 is 0 Å². The van der Waals surface area contributed by atoms with Crippen molar-refractivity contribution in [2.24, 2.45) is 17.8 Å². The van der Waals surface area contributed by atoms with E-state index < -0.39 is 49.0 Å². The average Bonchev–Trinajstić information content (AvgIpc) is 2.86. The highest BCUT2D eigenvalue weighted by Gasteiger charge is 2.50. The normalized spacial score (nSPS) is 44.0. The lowest BCUT2D eigenvalue weighted by Crippen LogP contribution is -2.61. The maximum Gasteiger partial charge on any atom is 0.187 e. The molecule has 1 aliphatic heterocycles. The third kappa shape index (κ3) is 4.17. The summed E-state index contributed by atoms with van der Waals surface area (Å²) in [6.45, 7) is 6.91. The first-order valence-electron chi connectivity index (χ1n) is 10.4. The van der Waals surface area contributed by atoms with Gasteiger partial charge in [-0.15, -0.1) is 0 Å². The second-order valence-corrected chi connectivity index (χ2v) is 9.39. The number of aliphatic hydroxyl groups is 5. The van der Waals surface area contributed by atoms with Gasteiger partial charge in [0.05, 0.1) is 18.3 Å². The van der Waals surface area contributed by atoms with Gasteiger partial charge < -0.3 is 35.0 Å². The smallest absolute Gasteiger partial charge is 0.187 e. The number of aliphatic hydroxyl groups excluding tert-OH is 5. The van der Waals surface area contributed by atoms with E-state index in [1.54, 1.807) is 13.8 Å². The van der Waals surface area contributed by atoms with E-state index in [0.717, 1.165) is 11.1 Å². The van der Waals surface area contributed by atoms with Crippen LogP contribution >= 0.6 is 0 Å². The highest BCUT2D eigenvalue weighted by molar-refractivity contribution is 5.98. The minimum atomic E-state index is -1.53. The minimum absolute atomic E-state index is 0.130. The third-order valence-electron chi connectivity index (χ3n) is 7.12. The van der Waals surface area contributed by atoms with Gasteiger partial charge in [-0.05, 0) is 51.0 Å². The van der Waals surface area contributed by atoms with Crippen molar-refractivity contribution in [2.45, 2.75) is 89.4 Å². The summed E-state index contributed by atoms with van der Waals surface area (Å²) in [6.07, 6.45) is -5.99. The SMILES string of the molecule is CC1=C2C[C@H](C(C)(C)O[C@@H]3O[C@H](CO)[C@@H](O)[C@H](O)[C@H]3O)[C@H](O)C[C@H](C)[C@H]2CC1=O. The summed E-state index contributed by atoms with van der Waals surface area (Å²) in [5, 5.41) is 50.6. The van der Waals surface area contributed by atoms with Crippen molar-refractivity contribution in [1.29, 1.82) is 0 Å². The summed E-state index contributed by atoms with van der Waals surface area (Å²) in [7, 11) is 0. The fraction of sp³-hybridized carbons (Fsp3) is 0.857. The van der Waals surface area contributed by atoms with Crippen LogP contribution in [-0.4, -0.2) is 80.3 Å². The van der Waals surface area contributed by atoms with Gasteiger partial charge in [0, 0.05) is 12.3 Å². The highest BCUT2D eigenvalue weighted by atomic mass is 16.7. The van der Waals surface area contributed by atoms with Crippen molar-refractivity contribution in [1.82, 2.24) is 0 Å². The molecule has 0 aromatic rings. The number of hydrogen-bond donors (Lipinski definition) is 5. The Bertz CT molecular complexity index is 657. The van der Waals surface area contributed by atoms with Crippen LogP contribution in [0.1, 0.15) is 47.0 Å². The molecule has 5 N–H and O–H groups in total. The van der Waals surface area contributed by atoms with Crippen molar-refractivity contribution in [3.63, 3.8) is 0 Å². The molecular weight excluding hydrogens is 380 g/mol. The number of carbonyl (C=O) groups is 1. The maximum absolute atomic E-state index is 12.3. The van der Waals surface area contributed by atoms with Gasteiger partial charge >= 0.3 is 0 Å². The molecule has 0 bridgehead atoms. The number of hydrogen-bond acceptors (Lipinski definition) is 8. The summed E-state index contributed by atoms with van der Waals surface area (Å²) in [4.78, 5) is 12.3. The van der Waals surface area contributed by atoms with Crippen molar-refractivity contribution >= 4 is 5.78 Å². The van der Waals surface area contributed by atoms with Crippen LogP contribution in [0.3, 0.4) is 0 Å². The Morgan fingerprint density at radius 1 is 1.10 bits per heavy atom. The minimum Gasteiger partial charge on any atom is -0.394 e. The summed E-state index contributed by atoms with van der Waals surface area (Å²) in [5.41, 5.74) is 0.861. The van der Waals surface area contributed by atoms with Crippen LogP contribution in [0.2, 0.25) is 0 Å². The summed E-state index contributed by atoms with van der Waals surface area (Å²) in [5.74, 6) is 0.0810. The molecule has 0 radical (unpaired) electrons. The summed E-state index contributed by atoms with van der Waals surface area (Å²) >= 11 is 0. The number of fused-ring (bicyclic) bond motifs is 1. The van der Waals surface area contributed by atoms with E-state index in [1.807, 2.05) is 13.8 Å². The van der Waals surface area contributed by atoms with Crippen molar-refractivity contribution in [2.75, 3.05) is 6.61 Å². The van der Waals surface area contributed by atoms with Gasteiger partial charge in [0.15, 0.2) is 12.1 Å². The monoisotopic (exact) mass is 414 g/mol. The summed E-state index contributed by atoms with van der Waals surface area (Å²) in [6, 6.07) is 0. The molecule has 1 saturated heterocycles. The lowest BCUT2D eigenvalue weighted by atomic mass is 9.80. The molecule has 9 atom stereocenters. The number of Topliss-reactive ketones (excluding diaryl/α,β-unsaturated/α-hetero) is 1. The highest BCUT2D eigenvalue weighted by Crippen LogP contribution is 2.47. The number of carbonyl (C=O) groups excluding carboxylic acids is 1. The fourth-order valence-corrected chi connectivity index (χ4v) is 5.13. The lowest BCUT2D eigenvalue weighted by Gasteiger charge is -2.45. The first-order valence-corrected chi connectivity index (χ1v) is 10.4. The predicted molar refractivity (Wildman–Crippen MR) is 103 cm³/mol. The Hall–Kier alpha value is -0.870. The molecule has 2 aliphatic carbocycles. The van der Waals surface area contributed by atoms with E-state index in [4.69, 9.17) is 9.47 Å². The van der Waals surface area contributed by atoms with Crippen LogP contribution in [0.25, 0.3) is 0 Å². The van der Waals surface area contributed by atoms with E-state index in [1.165, 1.54) is 0 Å². The quantitative estimate of drug-likeness (QED) is 0.430. The van der Waals surface area contributed by atoms with Crippen LogP contribution in [-0.2, 0) is 14.3 Å². The molecule has 0 aromatic heterocycles. The maximum atomic E-state index is 12.3. The Morgan fingerprint density at radius 3 is 2.38 bits per heavy atom. The second kappa shape index (κ2) is 8.34. The standard InChI is InChI=1S/C21H34O8/c1-9-5-15(24)13(6-12-10(2)14(23)7-11(9)12)21(3,4)29-20-19(27)18(26)17(25)16(8-22)28-20/h9,11,13,15-20,22,24-27H,5-8H2,1-4H3/t9-,11+,13-,15+,16+,17+,18-,19+,20-/m0/s1. The van der Waals surface area contributed by atoms with E-state index in [0.29, 0.717) is 19.3 Å². The Morgan fingerprint density at radius 2 is 1.76 bits per heavy atom. The third-order valence-corrected chi connectivity index (χ3v) is 7.12. The molecule has 166 valence electrons. The van der Waals surface area contributed by atoms with Gasteiger partial charge in [0.25, 0.3) is 0 Å². The molecule has 0 spiro atoms. The molecule has 0 amide bonds. The number of rotatable bonds is 4. The average molecular weight is 414 g/mol. The molecular formula is C21H34O8. The molecule has 1 saturated carbocycles. The Balaban J connectivity index is 1.83. The molecule has 8 nitrogen and oxygen atoms in total. The Kier molecular flexibility index (Phi) is 6.56. The molecule has 3 rings (SSSR count). The van der Waals surface area contributed by atoms with Gasteiger partial charge in [-0.25, -0.2) is 0 Å². The van der Waals surface area contributed by atoms with Crippen molar-refractivity contribution in [3.8, 4) is 0 Å².